The lowest BCUT2D eigenvalue weighted by Gasteiger charge is -2.14. The Kier molecular flexibility index (Phi) is 3.06. The average Bonchev–Trinajstić information content (AvgIpc) is 3.18. The van der Waals surface area contributed by atoms with Crippen molar-refractivity contribution in [3.05, 3.63) is 64.5 Å². The van der Waals surface area contributed by atoms with Gasteiger partial charge in [-0.2, -0.15) is 0 Å². The highest BCUT2D eigenvalue weighted by Gasteiger charge is 2.22. The molecular formula is C18H15N3O3. The molecule has 0 saturated carbocycles. The Morgan fingerprint density at radius 2 is 1.92 bits per heavy atom. The van der Waals surface area contributed by atoms with Gasteiger partial charge in [0.2, 0.25) is 0 Å². The number of aryl methyl sites for hydroxylation is 2. The summed E-state index contributed by atoms with van der Waals surface area (Å²) in [6.07, 6.45) is 3.72. The second-order valence-electron chi connectivity index (χ2n) is 5.70. The molecule has 0 amide bonds. The molecular weight excluding hydrogens is 306 g/mol. The Labute approximate surface area is 137 Å². The quantitative estimate of drug-likeness (QED) is 0.593. The lowest BCUT2D eigenvalue weighted by molar-refractivity contribution is 0.393. The molecule has 120 valence electrons. The van der Waals surface area contributed by atoms with Gasteiger partial charge in [-0.25, -0.2) is 0 Å². The van der Waals surface area contributed by atoms with Gasteiger partial charge in [-0.3, -0.25) is 4.79 Å². The van der Waals surface area contributed by atoms with Crippen LogP contribution in [0.4, 0.5) is 0 Å². The van der Waals surface area contributed by atoms with Gasteiger partial charge in [-0.1, -0.05) is 5.16 Å². The van der Waals surface area contributed by atoms with Crippen molar-refractivity contribution in [3.8, 4) is 22.6 Å². The first kappa shape index (κ1) is 14.3. The van der Waals surface area contributed by atoms with Crippen LogP contribution in [0.2, 0.25) is 0 Å². The van der Waals surface area contributed by atoms with E-state index in [-0.39, 0.29) is 11.3 Å². The number of phenolic OH excluding ortho intramolecular Hbond substituents is 1. The molecule has 4 aromatic rings. The van der Waals surface area contributed by atoms with Gasteiger partial charge < -0.3 is 19.2 Å². The third-order valence-electron chi connectivity index (χ3n) is 4.12. The molecule has 0 spiro atoms. The van der Waals surface area contributed by atoms with Crippen LogP contribution < -0.4 is 5.56 Å². The van der Waals surface area contributed by atoms with Gasteiger partial charge in [-0.15, -0.1) is 0 Å². The van der Waals surface area contributed by atoms with Gasteiger partial charge >= 0.3 is 0 Å². The molecule has 6 heteroatoms. The number of H-pyrrole nitrogens is 1. The standard InChI is InChI=1S/C18H15N3O3/c1-10-15(11(2)24-20-10)16-17(21-7-3-4-8-21)13-9-12(22)5-6-14(13)19-18(16)23/h3-9,22H,1-2H3,(H,19,23). The van der Waals surface area contributed by atoms with Crippen molar-refractivity contribution >= 4 is 10.9 Å². The molecule has 0 radical (unpaired) electrons. The Morgan fingerprint density at radius 3 is 2.58 bits per heavy atom. The number of aromatic amines is 1. The van der Waals surface area contributed by atoms with Crippen LogP contribution in [-0.2, 0) is 0 Å². The number of nitrogens with zero attached hydrogens (tertiary/aromatic N) is 2. The van der Waals surface area contributed by atoms with Crippen LogP contribution in [0, 0.1) is 13.8 Å². The lowest BCUT2D eigenvalue weighted by Crippen LogP contribution is -2.14. The van der Waals surface area contributed by atoms with E-state index >= 15 is 0 Å². The number of rotatable bonds is 2. The Balaban J connectivity index is 2.23. The van der Waals surface area contributed by atoms with Crippen LogP contribution in [-0.4, -0.2) is 19.8 Å². The normalized spacial score (nSPS) is 11.2. The van der Waals surface area contributed by atoms with Gasteiger partial charge in [0.05, 0.1) is 28.0 Å². The van der Waals surface area contributed by atoms with E-state index in [2.05, 4.69) is 10.1 Å². The van der Waals surface area contributed by atoms with Crippen LogP contribution in [0.15, 0.2) is 52.0 Å². The van der Waals surface area contributed by atoms with Crippen LogP contribution in [0.25, 0.3) is 27.7 Å². The summed E-state index contributed by atoms with van der Waals surface area (Å²) in [5.74, 6) is 0.707. The number of benzene rings is 1. The minimum Gasteiger partial charge on any atom is -0.508 e. The van der Waals surface area contributed by atoms with E-state index in [4.69, 9.17) is 4.52 Å². The zero-order valence-electron chi connectivity index (χ0n) is 13.2. The molecule has 0 aliphatic rings. The van der Waals surface area contributed by atoms with Crippen LogP contribution in [0.5, 0.6) is 5.75 Å². The zero-order valence-corrected chi connectivity index (χ0v) is 13.2. The highest BCUT2D eigenvalue weighted by Crippen LogP contribution is 2.34. The van der Waals surface area contributed by atoms with Crippen molar-refractivity contribution in [2.45, 2.75) is 13.8 Å². The molecule has 2 N–H and O–H groups in total. The molecule has 0 aliphatic carbocycles. The van der Waals surface area contributed by atoms with E-state index in [9.17, 15) is 9.90 Å². The molecule has 4 rings (SSSR count). The Hall–Kier alpha value is -3.28. The molecule has 0 saturated heterocycles. The van der Waals surface area contributed by atoms with Crippen molar-refractivity contribution < 1.29 is 9.63 Å². The predicted molar refractivity (Wildman–Crippen MR) is 90.5 cm³/mol. The first-order valence-corrected chi connectivity index (χ1v) is 7.52. The highest BCUT2D eigenvalue weighted by molar-refractivity contribution is 5.96. The molecule has 24 heavy (non-hydrogen) atoms. The van der Waals surface area contributed by atoms with Crippen LogP contribution in [0.1, 0.15) is 11.5 Å². The van der Waals surface area contributed by atoms with Gasteiger partial charge in [0.15, 0.2) is 0 Å². The summed E-state index contributed by atoms with van der Waals surface area (Å²) < 4.78 is 7.11. The van der Waals surface area contributed by atoms with Crippen molar-refractivity contribution in [1.82, 2.24) is 14.7 Å². The second-order valence-corrected chi connectivity index (χ2v) is 5.70. The summed E-state index contributed by atoms with van der Waals surface area (Å²) in [5, 5.41) is 14.6. The molecule has 3 aromatic heterocycles. The fourth-order valence-corrected chi connectivity index (χ4v) is 3.09. The van der Waals surface area contributed by atoms with Crippen molar-refractivity contribution in [3.63, 3.8) is 0 Å². The first-order chi connectivity index (χ1) is 11.6. The van der Waals surface area contributed by atoms with Gasteiger partial charge in [-0.05, 0) is 44.2 Å². The van der Waals surface area contributed by atoms with E-state index in [0.717, 1.165) is 5.39 Å². The number of aromatic nitrogens is 3. The SMILES string of the molecule is Cc1noc(C)c1-c1c(-n2cccc2)c2cc(O)ccc2[nH]c1=O. The van der Waals surface area contributed by atoms with E-state index in [1.54, 1.807) is 32.0 Å². The summed E-state index contributed by atoms with van der Waals surface area (Å²) in [5.41, 5.74) is 2.89. The molecule has 0 bridgehead atoms. The lowest BCUT2D eigenvalue weighted by atomic mass is 10.0. The second kappa shape index (κ2) is 5.13. The molecule has 3 heterocycles. The molecule has 0 unspecified atom stereocenters. The third kappa shape index (κ3) is 2.04. The van der Waals surface area contributed by atoms with E-state index < -0.39 is 0 Å². The number of nitrogens with one attached hydrogen (secondary N) is 1. The largest absolute Gasteiger partial charge is 0.508 e. The third-order valence-corrected chi connectivity index (χ3v) is 4.12. The minimum absolute atomic E-state index is 0.132. The fraction of sp³-hybridized carbons (Fsp3) is 0.111. The highest BCUT2D eigenvalue weighted by atomic mass is 16.5. The number of aromatic hydroxyl groups is 1. The summed E-state index contributed by atoms with van der Waals surface area (Å²) in [6.45, 7) is 3.58. The van der Waals surface area contributed by atoms with Gasteiger partial charge in [0, 0.05) is 17.8 Å². The molecule has 6 nitrogen and oxygen atoms in total. The molecule has 0 aliphatic heterocycles. The fourth-order valence-electron chi connectivity index (χ4n) is 3.09. The molecule has 0 fully saturated rings. The number of pyridine rings is 1. The molecule has 0 atom stereocenters. The smallest absolute Gasteiger partial charge is 0.258 e. The maximum absolute atomic E-state index is 12.8. The van der Waals surface area contributed by atoms with Crippen LogP contribution >= 0.6 is 0 Å². The van der Waals surface area contributed by atoms with E-state index in [1.807, 2.05) is 29.1 Å². The van der Waals surface area contributed by atoms with E-state index in [0.29, 0.717) is 33.8 Å². The van der Waals surface area contributed by atoms with E-state index in [1.165, 1.54) is 0 Å². The average molecular weight is 321 g/mol. The number of hydrogen-bond donors (Lipinski definition) is 2. The first-order valence-electron chi connectivity index (χ1n) is 7.52. The maximum atomic E-state index is 12.8. The zero-order chi connectivity index (χ0) is 16.8. The molecule has 1 aromatic carbocycles. The minimum atomic E-state index is -0.230. The number of fused-ring (bicyclic) bond motifs is 1. The predicted octanol–water partition coefficient (Wildman–Crippen LogP) is 3.30. The summed E-state index contributed by atoms with van der Waals surface area (Å²) in [6, 6.07) is 8.64. The maximum Gasteiger partial charge on any atom is 0.258 e. The van der Waals surface area contributed by atoms with Crippen molar-refractivity contribution in [2.24, 2.45) is 0 Å². The van der Waals surface area contributed by atoms with Crippen molar-refractivity contribution in [1.29, 1.82) is 0 Å². The summed E-state index contributed by atoms with van der Waals surface area (Å²) in [7, 11) is 0. The number of phenols is 1. The number of hydrogen-bond acceptors (Lipinski definition) is 4. The van der Waals surface area contributed by atoms with Gasteiger partial charge in [0.1, 0.15) is 11.5 Å². The topological polar surface area (TPSA) is 84.0 Å². The van der Waals surface area contributed by atoms with Crippen LogP contribution in [0.3, 0.4) is 0 Å². The van der Waals surface area contributed by atoms with Gasteiger partial charge in [0.25, 0.3) is 5.56 Å². The summed E-state index contributed by atoms with van der Waals surface area (Å²) >= 11 is 0. The Morgan fingerprint density at radius 1 is 1.17 bits per heavy atom. The summed E-state index contributed by atoms with van der Waals surface area (Å²) in [4.78, 5) is 15.7. The Bertz CT molecular complexity index is 1090. The van der Waals surface area contributed by atoms with Crippen molar-refractivity contribution in [2.75, 3.05) is 0 Å². The monoisotopic (exact) mass is 321 g/mol.